The van der Waals surface area contributed by atoms with Crippen molar-refractivity contribution in [3.63, 3.8) is 0 Å². The molecule has 4 rings (SSSR count). The number of hydrogen-bond acceptors (Lipinski definition) is 5. The van der Waals surface area contributed by atoms with Gasteiger partial charge in [-0.2, -0.15) is 11.3 Å². The van der Waals surface area contributed by atoms with E-state index in [1.807, 2.05) is 22.9 Å². The van der Waals surface area contributed by atoms with E-state index in [9.17, 15) is 9.59 Å². The summed E-state index contributed by atoms with van der Waals surface area (Å²) in [4.78, 5) is 25.9. The highest BCUT2D eigenvalue weighted by Gasteiger charge is 2.21. The Kier molecular flexibility index (Phi) is 5.21. The van der Waals surface area contributed by atoms with Crippen LogP contribution in [-0.4, -0.2) is 24.9 Å². The monoisotopic (exact) mass is 391 g/mol. The summed E-state index contributed by atoms with van der Waals surface area (Å²) in [5.41, 5.74) is 1.87. The number of amides is 1. The molecule has 1 aliphatic heterocycles. The molecule has 0 spiro atoms. The fraction of sp³-hybridized carbons (Fsp3) is 0.0909. The fourth-order valence-electron chi connectivity index (χ4n) is 2.82. The van der Waals surface area contributed by atoms with Gasteiger partial charge in [0.25, 0.3) is 5.91 Å². The van der Waals surface area contributed by atoms with Gasteiger partial charge >= 0.3 is 0 Å². The molecule has 0 radical (unpaired) electrons. The van der Waals surface area contributed by atoms with Gasteiger partial charge in [-0.05, 0) is 40.6 Å². The lowest BCUT2D eigenvalue weighted by Crippen LogP contribution is -2.21. The van der Waals surface area contributed by atoms with E-state index in [0.29, 0.717) is 36.0 Å². The third-order valence-electron chi connectivity index (χ3n) is 4.18. The summed E-state index contributed by atoms with van der Waals surface area (Å²) in [5.74, 6) is 0.402. The average Bonchev–Trinajstić information content (AvgIpc) is 3.25. The number of nitrogens with one attached hydrogen (secondary N) is 1. The molecule has 2 aromatic carbocycles. The van der Waals surface area contributed by atoms with Gasteiger partial charge in [-0.25, -0.2) is 0 Å². The minimum absolute atomic E-state index is 0.0690. The van der Waals surface area contributed by atoms with Gasteiger partial charge in [-0.3, -0.25) is 9.59 Å². The zero-order valence-electron chi connectivity index (χ0n) is 14.9. The molecule has 140 valence electrons. The van der Waals surface area contributed by atoms with Crippen LogP contribution in [0.2, 0.25) is 0 Å². The summed E-state index contributed by atoms with van der Waals surface area (Å²) in [6.45, 7) is 0.956. The Balaban J connectivity index is 1.63. The van der Waals surface area contributed by atoms with Crippen LogP contribution in [0.1, 0.15) is 15.9 Å². The fourth-order valence-corrected chi connectivity index (χ4v) is 3.44. The van der Waals surface area contributed by atoms with Crippen LogP contribution in [0.4, 0.5) is 5.69 Å². The van der Waals surface area contributed by atoms with Crippen LogP contribution in [0.3, 0.4) is 0 Å². The number of carbonyl (C=O) groups is 2. The second kappa shape index (κ2) is 8.10. The number of thiophene rings is 1. The van der Waals surface area contributed by atoms with Crippen molar-refractivity contribution in [2.24, 2.45) is 0 Å². The number of anilines is 1. The normalized spacial score (nSPS) is 13.1. The molecule has 0 fully saturated rings. The molecule has 1 amide bonds. The van der Waals surface area contributed by atoms with Gasteiger partial charge < -0.3 is 14.8 Å². The van der Waals surface area contributed by atoms with Crippen molar-refractivity contribution >= 4 is 34.8 Å². The molecule has 0 bridgehead atoms. The summed E-state index contributed by atoms with van der Waals surface area (Å²) in [7, 11) is 0. The molecule has 0 atom stereocenters. The first-order chi connectivity index (χ1) is 13.7. The van der Waals surface area contributed by atoms with Gasteiger partial charge in [0, 0.05) is 17.3 Å². The Morgan fingerprint density at radius 2 is 1.75 bits per heavy atom. The molecule has 0 aliphatic carbocycles. The summed E-state index contributed by atoms with van der Waals surface area (Å²) in [6.07, 6.45) is 1.61. The SMILES string of the molecule is O=C(Nc1ccc2c(c1)OCCO2)/C(=C/c1ccsc1)C(=O)c1ccccc1. The first-order valence-electron chi connectivity index (χ1n) is 8.75. The van der Waals surface area contributed by atoms with Crippen molar-refractivity contribution < 1.29 is 19.1 Å². The van der Waals surface area contributed by atoms with Crippen LogP contribution in [0.25, 0.3) is 6.08 Å². The van der Waals surface area contributed by atoms with Gasteiger partial charge in [-0.15, -0.1) is 0 Å². The van der Waals surface area contributed by atoms with Crippen molar-refractivity contribution in [1.82, 2.24) is 0 Å². The molecule has 2 heterocycles. The van der Waals surface area contributed by atoms with E-state index in [4.69, 9.17) is 9.47 Å². The number of ketones is 1. The Labute approximate surface area is 166 Å². The molecule has 0 unspecified atom stereocenters. The maximum atomic E-state index is 13.0. The smallest absolute Gasteiger partial charge is 0.259 e. The maximum absolute atomic E-state index is 13.0. The van der Waals surface area contributed by atoms with Gasteiger partial charge in [0.1, 0.15) is 13.2 Å². The molecule has 1 N–H and O–H groups in total. The first-order valence-corrected chi connectivity index (χ1v) is 9.69. The lowest BCUT2D eigenvalue weighted by Gasteiger charge is -2.19. The number of ether oxygens (including phenoxy) is 2. The van der Waals surface area contributed by atoms with Crippen molar-refractivity contribution in [1.29, 1.82) is 0 Å². The second-order valence-electron chi connectivity index (χ2n) is 6.12. The van der Waals surface area contributed by atoms with E-state index in [1.165, 1.54) is 11.3 Å². The molecule has 6 heteroatoms. The van der Waals surface area contributed by atoms with Gasteiger partial charge in [0.2, 0.25) is 0 Å². The van der Waals surface area contributed by atoms with Crippen LogP contribution < -0.4 is 14.8 Å². The number of carbonyl (C=O) groups excluding carboxylic acids is 2. The van der Waals surface area contributed by atoms with Gasteiger partial charge in [0.15, 0.2) is 17.3 Å². The molecular weight excluding hydrogens is 374 g/mol. The lowest BCUT2D eigenvalue weighted by molar-refractivity contribution is -0.112. The molecular formula is C22H17NO4S. The average molecular weight is 391 g/mol. The predicted octanol–water partition coefficient (Wildman–Crippen LogP) is 4.42. The van der Waals surface area contributed by atoms with Crippen LogP contribution in [0.5, 0.6) is 11.5 Å². The topological polar surface area (TPSA) is 64.6 Å². The number of benzene rings is 2. The molecule has 0 saturated heterocycles. The summed E-state index contributed by atoms with van der Waals surface area (Å²) >= 11 is 1.50. The number of hydrogen-bond donors (Lipinski definition) is 1. The van der Waals surface area contributed by atoms with E-state index in [1.54, 1.807) is 48.5 Å². The Morgan fingerprint density at radius 1 is 0.964 bits per heavy atom. The van der Waals surface area contributed by atoms with Gasteiger partial charge in [0.05, 0.1) is 5.57 Å². The summed E-state index contributed by atoms with van der Waals surface area (Å²) in [6, 6.07) is 15.8. The van der Waals surface area contributed by atoms with Gasteiger partial charge in [-0.1, -0.05) is 30.3 Å². The molecule has 1 aliphatic rings. The standard InChI is InChI=1S/C22H17NO4S/c24-21(16-4-2-1-3-5-16)18(12-15-8-11-28-14-15)22(25)23-17-6-7-19-20(13-17)27-10-9-26-19/h1-8,11-14H,9-10H2,(H,23,25)/b18-12+. The first kappa shape index (κ1) is 18.0. The molecule has 28 heavy (non-hydrogen) atoms. The van der Waals surface area contributed by atoms with Crippen molar-refractivity contribution in [3.8, 4) is 11.5 Å². The van der Waals surface area contributed by atoms with E-state index < -0.39 is 5.91 Å². The Morgan fingerprint density at radius 3 is 2.50 bits per heavy atom. The van der Waals surface area contributed by atoms with E-state index >= 15 is 0 Å². The van der Waals surface area contributed by atoms with Crippen LogP contribution in [-0.2, 0) is 4.79 Å². The predicted molar refractivity (Wildman–Crippen MR) is 109 cm³/mol. The number of rotatable bonds is 5. The highest BCUT2D eigenvalue weighted by Crippen LogP contribution is 2.32. The molecule has 5 nitrogen and oxygen atoms in total. The van der Waals surface area contributed by atoms with Crippen molar-refractivity contribution in [3.05, 3.63) is 82.1 Å². The Bertz CT molecular complexity index is 1030. The lowest BCUT2D eigenvalue weighted by atomic mass is 10.0. The minimum atomic E-state index is -0.475. The molecule has 0 saturated carbocycles. The van der Waals surface area contributed by atoms with Crippen molar-refractivity contribution in [2.45, 2.75) is 0 Å². The highest BCUT2D eigenvalue weighted by molar-refractivity contribution is 7.08. The van der Waals surface area contributed by atoms with Crippen LogP contribution in [0, 0.1) is 0 Å². The molecule has 1 aromatic heterocycles. The van der Waals surface area contributed by atoms with E-state index in [2.05, 4.69) is 5.32 Å². The minimum Gasteiger partial charge on any atom is -0.486 e. The zero-order chi connectivity index (χ0) is 19.3. The molecule has 3 aromatic rings. The van der Waals surface area contributed by atoms with Crippen LogP contribution >= 0.6 is 11.3 Å². The largest absolute Gasteiger partial charge is 0.486 e. The number of fused-ring (bicyclic) bond motifs is 1. The third kappa shape index (κ3) is 3.97. The van der Waals surface area contributed by atoms with E-state index in [-0.39, 0.29) is 11.4 Å². The summed E-state index contributed by atoms with van der Waals surface area (Å²) < 4.78 is 11.0. The van der Waals surface area contributed by atoms with E-state index in [0.717, 1.165) is 5.56 Å². The van der Waals surface area contributed by atoms with Crippen molar-refractivity contribution in [2.75, 3.05) is 18.5 Å². The second-order valence-corrected chi connectivity index (χ2v) is 6.90. The quantitative estimate of drug-likeness (QED) is 0.303. The Hall–Kier alpha value is -3.38. The number of Topliss-reactive ketones (excluding diaryl/α,β-unsaturated/α-hetero) is 1. The maximum Gasteiger partial charge on any atom is 0.259 e. The zero-order valence-corrected chi connectivity index (χ0v) is 15.7. The highest BCUT2D eigenvalue weighted by atomic mass is 32.1. The summed E-state index contributed by atoms with van der Waals surface area (Å²) in [5, 5.41) is 6.58. The van der Waals surface area contributed by atoms with Crippen LogP contribution in [0.15, 0.2) is 70.9 Å². The third-order valence-corrected chi connectivity index (χ3v) is 4.88.